The van der Waals surface area contributed by atoms with E-state index in [0.717, 1.165) is 5.15 Å². The summed E-state index contributed by atoms with van der Waals surface area (Å²) in [5, 5.41) is 0.757. The van der Waals surface area contributed by atoms with Crippen LogP contribution in [0.4, 0.5) is 0 Å². The standard InChI is InChI=1S/C5H8ClN2.HI/c1-7-3-5(6)8(2)4-7;/h3-4H,1-2H3;1H/q+1;/p-1. The van der Waals surface area contributed by atoms with E-state index in [9.17, 15) is 0 Å². The highest BCUT2D eigenvalue weighted by Crippen LogP contribution is 2.00. The van der Waals surface area contributed by atoms with Crippen LogP contribution in [0.5, 0.6) is 0 Å². The Labute approximate surface area is 76.5 Å². The fourth-order valence-corrected chi connectivity index (χ4v) is 0.818. The molecule has 0 aliphatic carbocycles. The molecule has 0 saturated heterocycles. The summed E-state index contributed by atoms with van der Waals surface area (Å²) in [5.41, 5.74) is 0. The van der Waals surface area contributed by atoms with Gasteiger partial charge >= 0.3 is 0 Å². The maximum absolute atomic E-state index is 5.67. The molecule has 0 atom stereocenters. The normalized spacial score (nSPS) is 8.78. The molecule has 1 aromatic rings. The van der Waals surface area contributed by atoms with E-state index in [1.165, 1.54) is 0 Å². The number of aromatic nitrogens is 2. The Bertz CT molecular complexity index is 177. The van der Waals surface area contributed by atoms with Crippen LogP contribution in [0.1, 0.15) is 0 Å². The number of halogens is 2. The van der Waals surface area contributed by atoms with E-state index in [0.29, 0.717) is 0 Å². The molecule has 0 radical (unpaired) electrons. The van der Waals surface area contributed by atoms with E-state index in [-0.39, 0.29) is 24.0 Å². The zero-order valence-electron chi connectivity index (χ0n) is 5.31. The number of hydrogen-bond donors (Lipinski definition) is 0. The van der Waals surface area contributed by atoms with Gasteiger partial charge in [-0.2, -0.15) is 0 Å². The summed E-state index contributed by atoms with van der Waals surface area (Å²) in [6.45, 7) is 0. The topological polar surface area (TPSA) is 8.81 Å². The highest BCUT2D eigenvalue weighted by Gasteiger charge is 2.00. The molecular formula is C5H8ClIN2. The summed E-state index contributed by atoms with van der Waals surface area (Å²) in [6.07, 6.45) is 3.75. The first-order valence-electron chi connectivity index (χ1n) is 2.37. The van der Waals surface area contributed by atoms with Gasteiger partial charge in [0.25, 0.3) is 0 Å². The smallest absolute Gasteiger partial charge is 0.244 e. The van der Waals surface area contributed by atoms with Gasteiger partial charge in [0.1, 0.15) is 6.20 Å². The lowest BCUT2D eigenvalue weighted by Gasteiger charge is -1.75. The van der Waals surface area contributed by atoms with Gasteiger partial charge in [-0.3, -0.25) is 0 Å². The fourth-order valence-electron chi connectivity index (χ4n) is 0.621. The third kappa shape index (κ3) is 2.14. The van der Waals surface area contributed by atoms with E-state index in [2.05, 4.69) is 0 Å². The molecule has 1 rings (SSSR count). The number of imidazole rings is 1. The van der Waals surface area contributed by atoms with Crippen LogP contribution in [0, 0.1) is 0 Å². The summed E-state index contributed by atoms with van der Waals surface area (Å²) in [4.78, 5) is 0. The van der Waals surface area contributed by atoms with Gasteiger partial charge < -0.3 is 24.0 Å². The van der Waals surface area contributed by atoms with Gasteiger partial charge in [-0.15, -0.1) is 0 Å². The van der Waals surface area contributed by atoms with Crippen LogP contribution >= 0.6 is 11.6 Å². The van der Waals surface area contributed by atoms with E-state index in [1.54, 1.807) is 0 Å². The molecule has 1 aromatic heterocycles. The lowest BCUT2D eigenvalue weighted by atomic mass is 10.9. The van der Waals surface area contributed by atoms with Crippen LogP contribution in [0.2, 0.25) is 5.15 Å². The summed E-state index contributed by atoms with van der Waals surface area (Å²) in [7, 11) is 3.84. The molecule has 0 aliphatic heterocycles. The predicted octanol–water partition coefficient (Wildman–Crippen LogP) is -2.49. The molecule has 0 saturated carbocycles. The minimum Gasteiger partial charge on any atom is -1.00 e. The summed E-state index contributed by atoms with van der Waals surface area (Å²) in [5.74, 6) is 0. The second-order valence-corrected chi connectivity index (χ2v) is 2.23. The molecule has 52 valence electrons. The Hall–Kier alpha value is 0.230. The quantitative estimate of drug-likeness (QED) is 0.360. The van der Waals surface area contributed by atoms with Crippen molar-refractivity contribution in [3.05, 3.63) is 17.7 Å². The Morgan fingerprint density at radius 3 is 2.33 bits per heavy atom. The van der Waals surface area contributed by atoms with Crippen molar-refractivity contribution in [2.24, 2.45) is 14.1 Å². The first-order chi connectivity index (χ1) is 3.70. The second kappa shape index (κ2) is 3.41. The van der Waals surface area contributed by atoms with Crippen molar-refractivity contribution in [3.8, 4) is 0 Å². The summed E-state index contributed by atoms with van der Waals surface area (Å²) in [6, 6.07) is 0. The molecule has 0 fully saturated rings. The van der Waals surface area contributed by atoms with Gasteiger partial charge in [0.2, 0.25) is 11.5 Å². The van der Waals surface area contributed by atoms with E-state index in [1.807, 2.05) is 35.8 Å². The summed E-state index contributed by atoms with van der Waals surface area (Å²) < 4.78 is 3.75. The number of hydrogen-bond acceptors (Lipinski definition) is 0. The van der Waals surface area contributed by atoms with Crippen LogP contribution in [0.25, 0.3) is 0 Å². The van der Waals surface area contributed by atoms with Crippen LogP contribution in [-0.4, -0.2) is 4.57 Å². The number of aryl methyl sites for hydroxylation is 2. The van der Waals surface area contributed by atoms with Crippen molar-refractivity contribution in [2.75, 3.05) is 0 Å². The van der Waals surface area contributed by atoms with Crippen LogP contribution < -0.4 is 28.5 Å². The molecule has 0 spiro atoms. The van der Waals surface area contributed by atoms with E-state index < -0.39 is 0 Å². The van der Waals surface area contributed by atoms with Crippen LogP contribution in [0.15, 0.2) is 12.5 Å². The largest absolute Gasteiger partial charge is 1.00 e. The monoisotopic (exact) mass is 258 g/mol. The van der Waals surface area contributed by atoms with Gasteiger partial charge in [-0.05, 0) is 11.6 Å². The maximum Gasteiger partial charge on any atom is 0.244 e. The number of nitrogens with zero attached hydrogens (tertiary/aromatic N) is 2. The van der Waals surface area contributed by atoms with Gasteiger partial charge in [0.15, 0.2) is 0 Å². The van der Waals surface area contributed by atoms with Crippen LogP contribution in [0.3, 0.4) is 0 Å². The highest BCUT2D eigenvalue weighted by atomic mass is 127. The molecule has 1 heterocycles. The predicted molar refractivity (Wildman–Crippen MR) is 31.6 cm³/mol. The fraction of sp³-hybridized carbons (Fsp3) is 0.400. The van der Waals surface area contributed by atoms with Crippen molar-refractivity contribution < 1.29 is 28.5 Å². The Morgan fingerprint density at radius 2 is 2.22 bits per heavy atom. The second-order valence-electron chi connectivity index (χ2n) is 1.84. The van der Waals surface area contributed by atoms with Gasteiger partial charge in [0.05, 0.1) is 14.1 Å². The molecular weight excluding hydrogens is 250 g/mol. The zero-order chi connectivity index (χ0) is 6.15. The first kappa shape index (κ1) is 9.23. The Morgan fingerprint density at radius 1 is 1.67 bits per heavy atom. The Balaban J connectivity index is 0.000000640. The van der Waals surface area contributed by atoms with Gasteiger partial charge in [0, 0.05) is 0 Å². The van der Waals surface area contributed by atoms with Crippen molar-refractivity contribution in [1.29, 1.82) is 0 Å². The molecule has 4 heteroatoms. The lowest BCUT2D eigenvalue weighted by molar-refractivity contribution is -0.670. The molecule has 0 aliphatic rings. The van der Waals surface area contributed by atoms with Gasteiger partial charge in [-0.1, -0.05) is 0 Å². The van der Waals surface area contributed by atoms with Crippen LogP contribution in [-0.2, 0) is 14.1 Å². The number of rotatable bonds is 0. The zero-order valence-corrected chi connectivity index (χ0v) is 8.22. The van der Waals surface area contributed by atoms with Gasteiger partial charge in [-0.25, -0.2) is 9.13 Å². The summed E-state index contributed by atoms with van der Waals surface area (Å²) >= 11 is 5.67. The average Bonchev–Trinajstić information content (AvgIpc) is 1.85. The average molecular weight is 258 g/mol. The van der Waals surface area contributed by atoms with Crippen molar-refractivity contribution in [2.45, 2.75) is 0 Å². The molecule has 9 heavy (non-hydrogen) atoms. The Kier molecular flexibility index (Phi) is 3.50. The van der Waals surface area contributed by atoms with Crippen molar-refractivity contribution in [1.82, 2.24) is 4.57 Å². The SMILES string of the molecule is Cn1c[n+](C)cc1Cl.[I-]. The maximum atomic E-state index is 5.67. The molecule has 0 aromatic carbocycles. The third-order valence-corrected chi connectivity index (χ3v) is 1.37. The first-order valence-corrected chi connectivity index (χ1v) is 2.75. The van der Waals surface area contributed by atoms with Crippen molar-refractivity contribution >= 4 is 11.6 Å². The van der Waals surface area contributed by atoms with Crippen molar-refractivity contribution in [3.63, 3.8) is 0 Å². The molecule has 0 amide bonds. The third-order valence-electron chi connectivity index (χ3n) is 1.00. The minimum atomic E-state index is 0. The molecule has 0 unspecified atom stereocenters. The molecule has 2 nitrogen and oxygen atoms in total. The lowest BCUT2D eigenvalue weighted by Crippen LogP contribution is -3.00. The highest BCUT2D eigenvalue weighted by molar-refractivity contribution is 6.29. The minimum absolute atomic E-state index is 0. The van der Waals surface area contributed by atoms with E-state index >= 15 is 0 Å². The molecule has 0 bridgehead atoms. The van der Waals surface area contributed by atoms with E-state index in [4.69, 9.17) is 11.6 Å². The molecule has 0 N–H and O–H groups in total.